The van der Waals surface area contributed by atoms with Crippen LogP contribution < -0.4 is 4.90 Å². The maximum atomic E-state index is 11.2. The molecule has 0 amide bonds. The van der Waals surface area contributed by atoms with Crippen LogP contribution in [0.1, 0.15) is 40.0 Å². The molecule has 1 aromatic rings. The molecule has 1 unspecified atom stereocenters. The highest BCUT2D eigenvalue weighted by molar-refractivity contribution is 5.66. The van der Waals surface area contributed by atoms with E-state index in [1.54, 1.807) is 0 Å². The summed E-state index contributed by atoms with van der Waals surface area (Å²) in [7, 11) is 0. The zero-order chi connectivity index (χ0) is 13.4. The van der Waals surface area contributed by atoms with E-state index in [9.17, 15) is 4.79 Å². The fourth-order valence-electron chi connectivity index (χ4n) is 2.02. The van der Waals surface area contributed by atoms with E-state index >= 15 is 0 Å². The standard InChI is InChI=1S/C15H23NO2/c1-4-6-12-15(18-13(3)17)16(5-2)14-10-8-7-9-11-14/h7-11,15H,4-6,12H2,1-3H3. The smallest absolute Gasteiger partial charge is 0.304 e. The molecule has 0 N–H and O–H groups in total. The first-order valence-electron chi connectivity index (χ1n) is 6.68. The highest BCUT2D eigenvalue weighted by Crippen LogP contribution is 2.20. The summed E-state index contributed by atoms with van der Waals surface area (Å²) in [5, 5.41) is 0. The normalized spacial score (nSPS) is 11.9. The van der Waals surface area contributed by atoms with Crippen LogP contribution in [0.3, 0.4) is 0 Å². The van der Waals surface area contributed by atoms with Crippen molar-refractivity contribution in [2.75, 3.05) is 11.4 Å². The van der Waals surface area contributed by atoms with Crippen molar-refractivity contribution >= 4 is 11.7 Å². The molecule has 0 saturated carbocycles. The van der Waals surface area contributed by atoms with Crippen molar-refractivity contribution in [2.45, 2.75) is 46.3 Å². The Kier molecular flexibility index (Phi) is 6.26. The van der Waals surface area contributed by atoms with Gasteiger partial charge in [0.25, 0.3) is 0 Å². The number of ether oxygens (including phenoxy) is 1. The fraction of sp³-hybridized carbons (Fsp3) is 0.533. The Morgan fingerprint density at radius 2 is 1.94 bits per heavy atom. The Hall–Kier alpha value is -1.51. The van der Waals surface area contributed by atoms with Crippen molar-refractivity contribution in [1.29, 1.82) is 0 Å². The third-order valence-electron chi connectivity index (χ3n) is 2.88. The molecule has 3 heteroatoms. The predicted molar refractivity (Wildman–Crippen MR) is 74.5 cm³/mol. The zero-order valence-electron chi connectivity index (χ0n) is 11.6. The van der Waals surface area contributed by atoms with Crippen molar-refractivity contribution in [1.82, 2.24) is 0 Å². The Morgan fingerprint density at radius 1 is 1.28 bits per heavy atom. The number of para-hydroxylation sites is 1. The van der Waals surface area contributed by atoms with Crippen LogP contribution in [0.2, 0.25) is 0 Å². The van der Waals surface area contributed by atoms with Crippen LogP contribution >= 0.6 is 0 Å². The van der Waals surface area contributed by atoms with Gasteiger partial charge in [-0.2, -0.15) is 0 Å². The van der Waals surface area contributed by atoms with Crippen molar-refractivity contribution in [2.24, 2.45) is 0 Å². The first-order valence-corrected chi connectivity index (χ1v) is 6.68. The molecule has 0 aliphatic rings. The largest absolute Gasteiger partial charge is 0.442 e. The molecule has 18 heavy (non-hydrogen) atoms. The second kappa shape index (κ2) is 7.75. The maximum Gasteiger partial charge on any atom is 0.304 e. The summed E-state index contributed by atoms with van der Waals surface area (Å²) in [5.74, 6) is -0.217. The van der Waals surface area contributed by atoms with Crippen molar-refractivity contribution in [3.05, 3.63) is 30.3 Å². The Morgan fingerprint density at radius 3 is 2.44 bits per heavy atom. The van der Waals surface area contributed by atoms with Gasteiger partial charge in [0.1, 0.15) is 0 Å². The number of rotatable bonds is 7. The molecule has 0 aliphatic carbocycles. The number of hydrogen-bond donors (Lipinski definition) is 0. The van der Waals surface area contributed by atoms with E-state index in [4.69, 9.17) is 4.74 Å². The highest BCUT2D eigenvalue weighted by atomic mass is 16.6. The lowest BCUT2D eigenvalue weighted by atomic mass is 10.2. The van der Waals surface area contributed by atoms with Crippen LogP contribution in [-0.2, 0) is 9.53 Å². The van der Waals surface area contributed by atoms with Gasteiger partial charge in [-0.1, -0.05) is 31.5 Å². The Labute approximate surface area is 110 Å². The average molecular weight is 249 g/mol. The van der Waals surface area contributed by atoms with Crippen LogP contribution in [0.15, 0.2) is 30.3 Å². The monoisotopic (exact) mass is 249 g/mol. The molecule has 100 valence electrons. The number of esters is 1. The van der Waals surface area contributed by atoms with Crippen molar-refractivity contribution in [3.8, 4) is 0 Å². The second-order valence-electron chi connectivity index (χ2n) is 4.33. The minimum atomic E-state index is -0.217. The van der Waals surface area contributed by atoms with Gasteiger partial charge in [-0.15, -0.1) is 0 Å². The van der Waals surface area contributed by atoms with Gasteiger partial charge < -0.3 is 9.64 Å². The van der Waals surface area contributed by atoms with E-state index in [2.05, 4.69) is 18.7 Å². The quantitative estimate of drug-likeness (QED) is 0.546. The number of unbranched alkanes of at least 4 members (excludes halogenated alkanes) is 1. The SMILES string of the molecule is CCCCC(OC(C)=O)N(CC)c1ccccc1. The van der Waals surface area contributed by atoms with Crippen molar-refractivity contribution < 1.29 is 9.53 Å². The first-order chi connectivity index (χ1) is 8.69. The van der Waals surface area contributed by atoms with Crippen LogP contribution in [0.5, 0.6) is 0 Å². The van der Waals surface area contributed by atoms with Gasteiger partial charge in [-0.3, -0.25) is 4.79 Å². The van der Waals surface area contributed by atoms with Crippen LogP contribution in [0.25, 0.3) is 0 Å². The third-order valence-corrected chi connectivity index (χ3v) is 2.88. The van der Waals surface area contributed by atoms with Gasteiger partial charge in [0, 0.05) is 25.6 Å². The minimum absolute atomic E-state index is 0.158. The van der Waals surface area contributed by atoms with Gasteiger partial charge >= 0.3 is 5.97 Å². The molecule has 0 bridgehead atoms. The summed E-state index contributed by atoms with van der Waals surface area (Å²) in [4.78, 5) is 13.4. The molecule has 0 aliphatic heterocycles. The van der Waals surface area contributed by atoms with E-state index in [0.29, 0.717) is 0 Å². The van der Waals surface area contributed by atoms with E-state index in [-0.39, 0.29) is 12.2 Å². The molecule has 1 rings (SSSR count). The number of anilines is 1. The van der Waals surface area contributed by atoms with Gasteiger partial charge in [-0.05, 0) is 25.5 Å². The van der Waals surface area contributed by atoms with Crippen molar-refractivity contribution in [3.63, 3.8) is 0 Å². The molecule has 0 fully saturated rings. The lowest BCUT2D eigenvalue weighted by Crippen LogP contribution is -2.38. The molecule has 0 saturated heterocycles. The molecule has 0 spiro atoms. The van der Waals surface area contributed by atoms with Gasteiger partial charge in [-0.25, -0.2) is 0 Å². The summed E-state index contributed by atoms with van der Waals surface area (Å²) in [6.45, 7) is 6.52. The summed E-state index contributed by atoms with van der Waals surface area (Å²) in [6.07, 6.45) is 2.87. The molecule has 0 aromatic heterocycles. The third kappa shape index (κ3) is 4.40. The summed E-state index contributed by atoms with van der Waals surface area (Å²) in [5.41, 5.74) is 1.10. The minimum Gasteiger partial charge on any atom is -0.442 e. The van der Waals surface area contributed by atoms with E-state index in [0.717, 1.165) is 31.5 Å². The van der Waals surface area contributed by atoms with Crippen LogP contribution in [0, 0.1) is 0 Å². The molecule has 0 radical (unpaired) electrons. The van der Waals surface area contributed by atoms with Crippen LogP contribution in [-0.4, -0.2) is 18.7 Å². The Balaban J connectivity index is 2.82. The zero-order valence-corrected chi connectivity index (χ0v) is 11.6. The number of carbonyl (C=O) groups excluding carboxylic acids is 1. The van der Waals surface area contributed by atoms with Gasteiger partial charge in [0.15, 0.2) is 6.23 Å². The van der Waals surface area contributed by atoms with E-state index in [1.807, 2.05) is 30.3 Å². The molecular formula is C15H23NO2. The van der Waals surface area contributed by atoms with Gasteiger partial charge in [0.05, 0.1) is 0 Å². The Bertz CT molecular complexity index is 351. The predicted octanol–water partition coefficient (Wildman–Crippen LogP) is 3.59. The lowest BCUT2D eigenvalue weighted by molar-refractivity contribution is -0.146. The van der Waals surface area contributed by atoms with Crippen LogP contribution in [0.4, 0.5) is 5.69 Å². The number of nitrogens with zero attached hydrogens (tertiary/aromatic N) is 1. The maximum absolute atomic E-state index is 11.2. The summed E-state index contributed by atoms with van der Waals surface area (Å²) in [6, 6.07) is 10.1. The van der Waals surface area contributed by atoms with E-state index < -0.39 is 0 Å². The molecular weight excluding hydrogens is 226 g/mol. The molecule has 1 aromatic carbocycles. The van der Waals surface area contributed by atoms with E-state index in [1.165, 1.54) is 6.92 Å². The first kappa shape index (κ1) is 14.6. The summed E-state index contributed by atoms with van der Waals surface area (Å²) < 4.78 is 5.45. The average Bonchev–Trinajstić information content (AvgIpc) is 2.37. The highest BCUT2D eigenvalue weighted by Gasteiger charge is 2.19. The second-order valence-corrected chi connectivity index (χ2v) is 4.33. The topological polar surface area (TPSA) is 29.5 Å². The lowest BCUT2D eigenvalue weighted by Gasteiger charge is -2.32. The number of hydrogen-bond acceptors (Lipinski definition) is 3. The fourth-order valence-corrected chi connectivity index (χ4v) is 2.02. The molecule has 0 heterocycles. The number of carbonyl (C=O) groups is 1. The summed E-state index contributed by atoms with van der Waals surface area (Å²) >= 11 is 0. The van der Waals surface area contributed by atoms with Gasteiger partial charge in [0.2, 0.25) is 0 Å². The molecule has 3 nitrogen and oxygen atoms in total. The number of benzene rings is 1. The molecule has 1 atom stereocenters.